The van der Waals surface area contributed by atoms with E-state index in [1.165, 1.54) is 19.3 Å². The fraction of sp³-hybridized carbons (Fsp3) is 0.538. The molecule has 3 aliphatic carbocycles. The van der Waals surface area contributed by atoms with Crippen LogP contribution >= 0.6 is 15.9 Å². The smallest absolute Gasteiger partial charge is 0.257 e. The van der Waals surface area contributed by atoms with Gasteiger partial charge in [0.2, 0.25) is 0 Å². The van der Waals surface area contributed by atoms with Crippen LogP contribution in [-0.4, -0.2) is 35.4 Å². The first-order chi connectivity index (χ1) is 8.55. The van der Waals surface area contributed by atoms with Gasteiger partial charge in [0.05, 0.1) is 5.56 Å². The Bertz CT molecular complexity index is 500. The maximum Gasteiger partial charge on any atom is 0.257 e. The SMILES string of the molecule is CNc1ncc(Br)cc1C(=O)N(C)C12CC(C1)C2. The molecule has 0 aromatic carbocycles. The topological polar surface area (TPSA) is 45.2 Å². The van der Waals surface area contributed by atoms with E-state index in [-0.39, 0.29) is 11.4 Å². The van der Waals surface area contributed by atoms with Crippen LogP contribution in [0.2, 0.25) is 0 Å². The zero-order chi connectivity index (χ0) is 12.9. The number of hydrogen-bond donors (Lipinski definition) is 1. The van der Waals surface area contributed by atoms with Gasteiger partial charge in [0.25, 0.3) is 5.91 Å². The molecular weight excluding hydrogens is 294 g/mol. The molecule has 96 valence electrons. The van der Waals surface area contributed by atoms with Crippen molar-refractivity contribution in [2.75, 3.05) is 19.4 Å². The van der Waals surface area contributed by atoms with Crippen molar-refractivity contribution in [2.45, 2.75) is 24.8 Å². The predicted octanol–water partition coefficient (Wildman–Crippen LogP) is 2.51. The summed E-state index contributed by atoms with van der Waals surface area (Å²) in [4.78, 5) is 18.7. The van der Waals surface area contributed by atoms with Crippen molar-refractivity contribution in [2.24, 2.45) is 5.92 Å². The number of carbonyl (C=O) groups is 1. The van der Waals surface area contributed by atoms with Crippen LogP contribution < -0.4 is 5.32 Å². The van der Waals surface area contributed by atoms with Gasteiger partial charge in [-0.25, -0.2) is 4.98 Å². The van der Waals surface area contributed by atoms with E-state index < -0.39 is 0 Å². The molecule has 1 aromatic rings. The van der Waals surface area contributed by atoms with Crippen LogP contribution in [0.4, 0.5) is 5.82 Å². The van der Waals surface area contributed by atoms with Crippen LogP contribution in [0.3, 0.4) is 0 Å². The van der Waals surface area contributed by atoms with Crippen LogP contribution in [0.15, 0.2) is 16.7 Å². The summed E-state index contributed by atoms with van der Waals surface area (Å²) in [6.07, 6.45) is 5.21. The van der Waals surface area contributed by atoms with Gasteiger partial charge in [-0.2, -0.15) is 0 Å². The molecular formula is C13H16BrN3O. The van der Waals surface area contributed by atoms with Gasteiger partial charge in [-0.05, 0) is 47.2 Å². The van der Waals surface area contributed by atoms with E-state index in [9.17, 15) is 4.79 Å². The van der Waals surface area contributed by atoms with Gasteiger partial charge in [-0.1, -0.05) is 0 Å². The summed E-state index contributed by atoms with van der Waals surface area (Å²) in [5.41, 5.74) is 0.786. The summed E-state index contributed by atoms with van der Waals surface area (Å²) in [5, 5.41) is 2.98. The normalized spacial score (nSPS) is 28.1. The van der Waals surface area contributed by atoms with Crippen LogP contribution in [-0.2, 0) is 0 Å². The molecule has 0 radical (unpaired) electrons. The zero-order valence-electron chi connectivity index (χ0n) is 10.5. The van der Waals surface area contributed by atoms with Gasteiger partial charge < -0.3 is 10.2 Å². The number of nitrogens with zero attached hydrogens (tertiary/aromatic N) is 2. The van der Waals surface area contributed by atoms with Crippen molar-refractivity contribution in [3.05, 3.63) is 22.3 Å². The van der Waals surface area contributed by atoms with E-state index in [1.807, 2.05) is 18.0 Å². The number of hydrogen-bond acceptors (Lipinski definition) is 3. The van der Waals surface area contributed by atoms with E-state index >= 15 is 0 Å². The Morgan fingerprint density at radius 2 is 2.22 bits per heavy atom. The molecule has 3 aliphatic rings. The van der Waals surface area contributed by atoms with E-state index in [0.29, 0.717) is 11.4 Å². The number of amides is 1. The molecule has 0 atom stereocenters. The molecule has 1 heterocycles. The third-order valence-corrected chi connectivity index (χ3v) is 4.78. The maximum atomic E-state index is 12.6. The summed E-state index contributed by atoms with van der Waals surface area (Å²) in [6, 6.07) is 1.84. The fourth-order valence-corrected chi connectivity index (χ4v) is 3.37. The minimum absolute atomic E-state index is 0.0614. The minimum Gasteiger partial charge on any atom is -0.372 e. The number of aromatic nitrogens is 1. The number of nitrogens with one attached hydrogen (secondary N) is 1. The van der Waals surface area contributed by atoms with Gasteiger partial charge >= 0.3 is 0 Å². The minimum atomic E-state index is 0.0614. The molecule has 0 spiro atoms. The van der Waals surface area contributed by atoms with E-state index in [0.717, 1.165) is 10.4 Å². The van der Waals surface area contributed by atoms with Gasteiger partial charge in [0, 0.05) is 30.3 Å². The monoisotopic (exact) mass is 309 g/mol. The van der Waals surface area contributed by atoms with Crippen LogP contribution in [0.1, 0.15) is 29.6 Å². The zero-order valence-corrected chi connectivity index (χ0v) is 12.1. The van der Waals surface area contributed by atoms with Crippen molar-refractivity contribution in [3.63, 3.8) is 0 Å². The summed E-state index contributed by atoms with van der Waals surface area (Å²) in [5.74, 6) is 1.57. The van der Waals surface area contributed by atoms with E-state index in [1.54, 1.807) is 13.2 Å². The molecule has 4 nitrogen and oxygen atoms in total. The standard InChI is InChI=1S/C13H16BrN3O/c1-15-11-10(3-9(14)7-16-11)12(18)17(2)13-4-8(5-13)6-13/h3,7-8H,4-6H2,1-2H3,(H,15,16). The lowest BCUT2D eigenvalue weighted by atomic mass is 9.49. The highest BCUT2D eigenvalue weighted by molar-refractivity contribution is 9.10. The molecule has 1 amide bonds. The Morgan fingerprint density at radius 3 is 2.72 bits per heavy atom. The lowest BCUT2D eigenvalue weighted by Gasteiger charge is -2.65. The summed E-state index contributed by atoms with van der Waals surface area (Å²) in [6.45, 7) is 0. The molecule has 18 heavy (non-hydrogen) atoms. The van der Waals surface area contributed by atoms with Crippen LogP contribution in [0.25, 0.3) is 0 Å². The number of anilines is 1. The molecule has 2 bridgehead atoms. The Kier molecular flexibility index (Phi) is 2.62. The highest BCUT2D eigenvalue weighted by Crippen LogP contribution is 2.60. The van der Waals surface area contributed by atoms with E-state index in [4.69, 9.17) is 0 Å². The van der Waals surface area contributed by atoms with Crippen molar-refractivity contribution < 1.29 is 4.79 Å². The van der Waals surface area contributed by atoms with Crippen LogP contribution in [0, 0.1) is 5.92 Å². The summed E-state index contributed by atoms with van der Waals surface area (Å²) < 4.78 is 0.829. The second-order valence-electron chi connectivity index (χ2n) is 5.37. The third kappa shape index (κ3) is 1.56. The fourth-order valence-electron chi connectivity index (χ4n) is 3.04. The molecule has 0 unspecified atom stereocenters. The lowest BCUT2D eigenvalue weighted by molar-refractivity contribution is -0.114. The number of pyridine rings is 1. The molecule has 3 saturated carbocycles. The maximum absolute atomic E-state index is 12.6. The highest BCUT2D eigenvalue weighted by atomic mass is 79.9. The van der Waals surface area contributed by atoms with E-state index in [2.05, 4.69) is 26.2 Å². The largest absolute Gasteiger partial charge is 0.372 e. The lowest BCUT2D eigenvalue weighted by Crippen LogP contribution is -2.68. The Morgan fingerprint density at radius 1 is 1.56 bits per heavy atom. The van der Waals surface area contributed by atoms with Crippen molar-refractivity contribution in [1.82, 2.24) is 9.88 Å². The molecule has 3 fully saturated rings. The highest BCUT2D eigenvalue weighted by Gasteiger charge is 2.60. The van der Waals surface area contributed by atoms with Gasteiger partial charge in [0.1, 0.15) is 5.82 Å². The summed E-state index contributed by atoms with van der Waals surface area (Å²) >= 11 is 3.37. The van der Waals surface area contributed by atoms with Gasteiger partial charge in [-0.15, -0.1) is 0 Å². The third-order valence-electron chi connectivity index (χ3n) is 4.34. The first kappa shape index (κ1) is 12.0. The average molecular weight is 310 g/mol. The quantitative estimate of drug-likeness (QED) is 0.933. The Balaban J connectivity index is 1.89. The number of rotatable bonds is 3. The molecule has 5 heteroatoms. The molecule has 1 aromatic heterocycles. The van der Waals surface area contributed by atoms with Crippen molar-refractivity contribution in [1.29, 1.82) is 0 Å². The van der Waals surface area contributed by atoms with Gasteiger partial charge in [0.15, 0.2) is 0 Å². The number of carbonyl (C=O) groups excluding carboxylic acids is 1. The Hall–Kier alpha value is -1.10. The number of halogens is 1. The second-order valence-corrected chi connectivity index (χ2v) is 6.28. The predicted molar refractivity (Wildman–Crippen MR) is 73.6 cm³/mol. The van der Waals surface area contributed by atoms with Crippen LogP contribution in [0.5, 0.6) is 0 Å². The molecule has 1 N–H and O–H groups in total. The van der Waals surface area contributed by atoms with Gasteiger partial charge in [-0.3, -0.25) is 4.79 Å². The van der Waals surface area contributed by atoms with Crippen molar-refractivity contribution in [3.8, 4) is 0 Å². The first-order valence-electron chi connectivity index (χ1n) is 6.17. The first-order valence-corrected chi connectivity index (χ1v) is 6.96. The second kappa shape index (κ2) is 3.95. The average Bonchev–Trinajstić information content (AvgIpc) is 2.23. The molecule has 0 aliphatic heterocycles. The summed E-state index contributed by atoms with van der Waals surface area (Å²) in [7, 11) is 3.70. The van der Waals surface area contributed by atoms with Crippen molar-refractivity contribution >= 4 is 27.7 Å². The Labute approximate surface area is 115 Å². The molecule has 0 saturated heterocycles. The molecule has 4 rings (SSSR count).